The fraction of sp³-hybridized carbons (Fsp3) is 0.900. The highest BCUT2D eigenvalue weighted by molar-refractivity contribution is 4.91. The molecular weight excluding hydrogens is 152 g/mol. The number of ether oxygens (including phenoxy) is 2. The summed E-state index contributed by atoms with van der Waals surface area (Å²) in [5.41, 5.74) is 0. The Hall–Kier alpha value is -0.0800. The number of hydrogen-bond donors (Lipinski definition) is 0. The second-order valence-electron chi connectivity index (χ2n) is 4.01. The van der Waals surface area contributed by atoms with E-state index < -0.39 is 0 Å². The van der Waals surface area contributed by atoms with Crippen LogP contribution in [-0.4, -0.2) is 19.0 Å². The van der Waals surface area contributed by atoms with Crippen LogP contribution in [0.5, 0.6) is 0 Å². The van der Waals surface area contributed by atoms with Gasteiger partial charge in [-0.2, -0.15) is 0 Å². The van der Waals surface area contributed by atoms with E-state index in [0.29, 0.717) is 0 Å². The number of hydrogen-bond acceptors (Lipinski definition) is 2. The Bertz CT molecular complexity index is 140. The molecule has 0 unspecified atom stereocenters. The Labute approximate surface area is 74.2 Å². The summed E-state index contributed by atoms with van der Waals surface area (Å²) in [6, 6.07) is 0. The maximum atomic E-state index is 5.76. The van der Waals surface area contributed by atoms with E-state index in [9.17, 15) is 0 Å². The van der Waals surface area contributed by atoms with E-state index in [4.69, 9.17) is 9.47 Å². The summed E-state index contributed by atoms with van der Waals surface area (Å²) >= 11 is 0. The Balaban J connectivity index is 1.92. The summed E-state index contributed by atoms with van der Waals surface area (Å²) in [5.74, 6) is 1.13. The second-order valence-corrected chi connectivity index (χ2v) is 4.01. The molecule has 12 heavy (non-hydrogen) atoms. The summed E-state index contributed by atoms with van der Waals surface area (Å²) in [6.45, 7) is 3.70. The molecule has 2 fully saturated rings. The molecule has 0 aromatic rings. The van der Waals surface area contributed by atoms with Gasteiger partial charge in [-0.3, -0.25) is 0 Å². The van der Waals surface area contributed by atoms with Crippen LogP contribution in [0.25, 0.3) is 0 Å². The van der Waals surface area contributed by atoms with Crippen molar-refractivity contribution in [2.75, 3.05) is 13.2 Å². The Morgan fingerprint density at radius 2 is 1.58 bits per heavy atom. The van der Waals surface area contributed by atoms with Crippen LogP contribution >= 0.6 is 0 Å². The van der Waals surface area contributed by atoms with Gasteiger partial charge >= 0.3 is 0 Å². The summed E-state index contributed by atoms with van der Waals surface area (Å²) in [6.07, 6.45) is 6.07. The highest BCUT2D eigenvalue weighted by Gasteiger charge is 2.37. The van der Waals surface area contributed by atoms with Gasteiger partial charge < -0.3 is 9.47 Å². The maximum Gasteiger partial charge on any atom is 0.168 e. The van der Waals surface area contributed by atoms with Crippen molar-refractivity contribution >= 4 is 0 Å². The molecule has 2 aliphatic rings. The van der Waals surface area contributed by atoms with Gasteiger partial charge in [-0.15, -0.1) is 0 Å². The molecular formula is C10H17O2. The van der Waals surface area contributed by atoms with Gasteiger partial charge in [0.15, 0.2) is 5.79 Å². The zero-order valence-corrected chi connectivity index (χ0v) is 7.77. The van der Waals surface area contributed by atoms with E-state index in [1.54, 1.807) is 0 Å². The van der Waals surface area contributed by atoms with Crippen LogP contribution in [0, 0.1) is 5.92 Å². The van der Waals surface area contributed by atoms with E-state index >= 15 is 0 Å². The van der Waals surface area contributed by atoms with Crippen molar-refractivity contribution in [2.45, 2.75) is 44.8 Å². The van der Waals surface area contributed by atoms with E-state index in [1.807, 2.05) is 0 Å². The molecule has 1 spiro atoms. The van der Waals surface area contributed by atoms with Gasteiger partial charge in [0.05, 0.1) is 13.2 Å². The fourth-order valence-electron chi connectivity index (χ4n) is 1.97. The lowest BCUT2D eigenvalue weighted by molar-refractivity contribution is -0.271. The Kier molecular flexibility index (Phi) is 2.37. The normalized spacial score (nSPS) is 30.8. The van der Waals surface area contributed by atoms with Crippen LogP contribution in [0.1, 0.15) is 39.0 Å². The highest BCUT2D eigenvalue weighted by atomic mass is 16.7. The van der Waals surface area contributed by atoms with Crippen molar-refractivity contribution < 1.29 is 9.47 Å². The molecule has 1 saturated carbocycles. The lowest BCUT2D eigenvalue weighted by atomic mass is 9.93. The highest BCUT2D eigenvalue weighted by Crippen LogP contribution is 2.36. The van der Waals surface area contributed by atoms with Crippen LogP contribution in [0.4, 0.5) is 0 Å². The van der Waals surface area contributed by atoms with Gasteiger partial charge in [-0.1, -0.05) is 13.3 Å². The van der Waals surface area contributed by atoms with Gasteiger partial charge in [0.1, 0.15) is 0 Å². The molecule has 1 aliphatic heterocycles. The minimum atomic E-state index is -0.183. The quantitative estimate of drug-likeness (QED) is 0.554. The average Bonchev–Trinajstić information content (AvgIpc) is 2.13. The third kappa shape index (κ3) is 1.64. The van der Waals surface area contributed by atoms with Crippen molar-refractivity contribution in [2.24, 2.45) is 0 Å². The number of rotatable bonds is 0. The maximum absolute atomic E-state index is 5.76. The molecule has 1 radical (unpaired) electrons. The first-order valence-corrected chi connectivity index (χ1v) is 4.90. The van der Waals surface area contributed by atoms with Crippen molar-refractivity contribution in [3.8, 4) is 0 Å². The van der Waals surface area contributed by atoms with Gasteiger partial charge in [-0.25, -0.2) is 0 Å². The molecule has 2 nitrogen and oxygen atoms in total. The first kappa shape index (κ1) is 8.52. The smallest absolute Gasteiger partial charge is 0.168 e. The van der Waals surface area contributed by atoms with Gasteiger partial charge in [0.25, 0.3) is 0 Å². The summed E-state index contributed by atoms with van der Waals surface area (Å²) in [5, 5.41) is 0. The van der Waals surface area contributed by atoms with E-state index in [1.165, 1.54) is 25.2 Å². The van der Waals surface area contributed by atoms with Crippen molar-refractivity contribution in [3.63, 3.8) is 0 Å². The van der Waals surface area contributed by atoms with Gasteiger partial charge in [-0.05, 0) is 12.8 Å². The standard InChI is InChI=1S/C10H17O2/c1-9-7-11-10(12-8-9)5-3-2-4-6-10/h2-8H2,1H3. The molecule has 1 aliphatic carbocycles. The van der Waals surface area contributed by atoms with E-state index in [0.717, 1.165) is 26.1 Å². The van der Waals surface area contributed by atoms with Gasteiger partial charge in [0.2, 0.25) is 0 Å². The summed E-state index contributed by atoms with van der Waals surface area (Å²) in [7, 11) is 0. The minimum absolute atomic E-state index is 0.183. The molecule has 0 aromatic heterocycles. The summed E-state index contributed by atoms with van der Waals surface area (Å²) < 4.78 is 11.5. The molecule has 2 rings (SSSR count). The SMILES string of the molecule is C[C]1COC2(CCCCC2)OC1. The molecule has 1 heterocycles. The van der Waals surface area contributed by atoms with Crippen LogP contribution in [-0.2, 0) is 9.47 Å². The minimum Gasteiger partial charge on any atom is -0.349 e. The molecule has 69 valence electrons. The molecule has 2 heteroatoms. The second kappa shape index (κ2) is 3.35. The zero-order chi connectivity index (χ0) is 8.44. The average molecular weight is 169 g/mol. The van der Waals surface area contributed by atoms with E-state index in [-0.39, 0.29) is 5.79 Å². The molecule has 1 saturated heterocycles. The van der Waals surface area contributed by atoms with E-state index in [2.05, 4.69) is 6.92 Å². The topological polar surface area (TPSA) is 18.5 Å². The monoisotopic (exact) mass is 169 g/mol. The van der Waals surface area contributed by atoms with Crippen LogP contribution < -0.4 is 0 Å². The van der Waals surface area contributed by atoms with Crippen molar-refractivity contribution in [1.82, 2.24) is 0 Å². The third-order valence-electron chi connectivity index (χ3n) is 2.78. The predicted molar refractivity (Wildman–Crippen MR) is 46.6 cm³/mol. The van der Waals surface area contributed by atoms with Crippen LogP contribution in [0.15, 0.2) is 0 Å². The Morgan fingerprint density at radius 1 is 1.00 bits per heavy atom. The lowest BCUT2D eigenvalue weighted by Crippen LogP contribution is -2.44. The van der Waals surface area contributed by atoms with Crippen molar-refractivity contribution in [1.29, 1.82) is 0 Å². The first-order chi connectivity index (χ1) is 5.81. The molecule has 0 bridgehead atoms. The molecule has 0 amide bonds. The molecule has 0 N–H and O–H groups in total. The fourth-order valence-corrected chi connectivity index (χ4v) is 1.97. The summed E-state index contributed by atoms with van der Waals surface area (Å²) in [4.78, 5) is 0. The van der Waals surface area contributed by atoms with Crippen LogP contribution in [0.2, 0.25) is 0 Å². The zero-order valence-electron chi connectivity index (χ0n) is 7.77. The predicted octanol–water partition coefficient (Wildman–Crippen LogP) is 2.29. The third-order valence-corrected chi connectivity index (χ3v) is 2.78. The van der Waals surface area contributed by atoms with Crippen molar-refractivity contribution in [3.05, 3.63) is 5.92 Å². The molecule has 0 atom stereocenters. The molecule has 0 aromatic carbocycles. The Morgan fingerprint density at radius 3 is 2.17 bits per heavy atom. The van der Waals surface area contributed by atoms with Gasteiger partial charge in [0, 0.05) is 18.8 Å². The first-order valence-electron chi connectivity index (χ1n) is 4.90. The largest absolute Gasteiger partial charge is 0.349 e. The van der Waals surface area contributed by atoms with Crippen LogP contribution in [0.3, 0.4) is 0 Å². The lowest BCUT2D eigenvalue weighted by Gasteiger charge is -2.41.